The van der Waals surface area contributed by atoms with Gasteiger partial charge in [0.1, 0.15) is 22.9 Å². The summed E-state index contributed by atoms with van der Waals surface area (Å²) in [6.07, 6.45) is 5.65. The highest BCUT2D eigenvalue weighted by molar-refractivity contribution is 6.52. The fourth-order valence-corrected chi connectivity index (χ4v) is 3.43. The van der Waals surface area contributed by atoms with Gasteiger partial charge in [0.05, 0.1) is 19.2 Å². The largest absolute Gasteiger partial charge is 0.508 e. The molecule has 1 unspecified atom stereocenters. The maximum Gasteiger partial charge on any atom is 0.228 e. The first-order valence-corrected chi connectivity index (χ1v) is 8.25. The van der Waals surface area contributed by atoms with Crippen LogP contribution in [0.15, 0.2) is 41.5 Å². The summed E-state index contributed by atoms with van der Waals surface area (Å²) in [7, 11) is 2.13. The van der Waals surface area contributed by atoms with E-state index >= 15 is 0 Å². The molecule has 1 aliphatic carbocycles. The Hall–Kier alpha value is -2.66. The number of benzene rings is 1. The van der Waals surface area contributed by atoms with E-state index in [1.807, 2.05) is 24.4 Å². The van der Waals surface area contributed by atoms with Crippen LogP contribution in [0.5, 0.6) is 5.75 Å². The Morgan fingerprint density at radius 3 is 2.88 bits per heavy atom. The Labute approximate surface area is 140 Å². The first-order chi connectivity index (χ1) is 11.6. The van der Waals surface area contributed by atoms with Gasteiger partial charge in [-0.05, 0) is 29.7 Å². The second kappa shape index (κ2) is 5.76. The summed E-state index contributed by atoms with van der Waals surface area (Å²) in [5.74, 6) is 0.246. The zero-order chi connectivity index (χ0) is 16.7. The molecule has 1 aromatic carbocycles. The van der Waals surface area contributed by atoms with E-state index in [9.17, 15) is 9.90 Å². The molecule has 0 saturated heterocycles. The molecule has 3 N–H and O–H groups in total. The molecule has 1 aliphatic heterocycles. The molecule has 2 aromatic rings. The first kappa shape index (κ1) is 14.9. The molecule has 5 nitrogen and oxygen atoms in total. The SMILES string of the molecule is C[NH+]1CCc2c[nH]c3c2C1=CC(=NCCc1ccc(O)cc1)C3=O. The highest BCUT2D eigenvalue weighted by Gasteiger charge is 2.35. The Morgan fingerprint density at radius 1 is 1.29 bits per heavy atom. The van der Waals surface area contributed by atoms with Crippen LogP contribution in [0.2, 0.25) is 0 Å². The van der Waals surface area contributed by atoms with Gasteiger partial charge in [0.15, 0.2) is 0 Å². The smallest absolute Gasteiger partial charge is 0.228 e. The molecule has 122 valence electrons. The highest BCUT2D eigenvalue weighted by atomic mass is 16.3. The predicted octanol–water partition coefficient (Wildman–Crippen LogP) is 1.01. The number of aliphatic imine (C=N–C) groups is 1. The van der Waals surface area contributed by atoms with Gasteiger partial charge in [-0.1, -0.05) is 12.1 Å². The number of aromatic amines is 1. The number of carbonyl (C=O) groups excluding carboxylic acids is 1. The minimum absolute atomic E-state index is 0.0135. The third kappa shape index (κ3) is 2.47. The van der Waals surface area contributed by atoms with Crippen LogP contribution in [-0.2, 0) is 12.8 Å². The Kier molecular flexibility index (Phi) is 3.58. The number of hydrogen-bond acceptors (Lipinski definition) is 3. The van der Waals surface area contributed by atoms with Gasteiger partial charge in [-0.2, -0.15) is 0 Å². The molecule has 0 amide bonds. The standard InChI is InChI=1S/C19H19N3O2/c1-22-9-7-13-11-21-18-17(13)16(22)10-15(19(18)24)20-8-6-12-2-4-14(23)5-3-12/h2-5,10-11,21,23H,6-9H2,1H3/p+1. The van der Waals surface area contributed by atoms with Crippen molar-refractivity contribution in [1.29, 1.82) is 0 Å². The molecule has 24 heavy (non-hydrogen) atoms. The van der Waals surface area contributed by atoms with E-state index in [0.29, 0.717) is 18.0 Å². The minimum atomic E-state index is -0.0135. The van der Waals surface area contributed by atoms with Gasteiger partial charge in [0.2, 0.25) is 5.78 Å². The van der Waals surface area contributed by atoms with Crippen LogP contribution in [0.4, 0.5) is 0 Å². The summed E-state index contributed by atoms with van der Waals surface area (Å²) < 4.78 is 0. The second-order valence-corrected chi connectivity index (χ2v) is 6.41. The van der Waals surface area contributed by atoms with Crippen molar-refractivity contribution in [2.24, 2.45) is 4.99 Å². The van der Waals surface area contributed by atoms with Crippen LogP contribution in [-0.4, -0.2) is 41.7 Å². The van der Waals surface area contributed by atoms with E-state index in [0.717, 1.165) is 36.2 Å². The summed E-state index contributed by atoms with van der Waals surface area (Å²) in [5, 5.41) is 9.32. The van der Waals surface area contributed by atoms with Crippen molar-refractivity contribution in [3.8, 4) is 5.75 Å². The van der Waals surface area contributed by atoms with Gasteiger partial charge in [0.25, 0.3) is 0 Å². The molecule has 0 radical (unpaired) electrons. The lowest BCUT2D eigenvalue weighted by Crippen LogP contribution is -3.07. The molecular weight excluding hydrogens is 302 g/mol. The normalized spacial score (nSPS) is 20.9. The van der Waals surface area contributed by atoms with Gasteiger partial charge in [-0.15, -0.1) is 0 Å². The van der Waals surface area contributed by atoms with Crippen LogP contribution in [0.3, 0.4) is 0 Å². The number of hydrogen-bond donors (Lipinski definition) is 3. The van der Waals surface area contributed by atoms with Crippen molar-refractivity contribution in [2.75, 3.05) is 20.1 Å². The third-order valence-corrected chi connectivity index (χ3v) is 4.82. The number of phenols is 1. The van der Waals surface area contributed by atoms with Gasteiger partial charge >= 0.3 is 0 Å². The summed E-state index contributed by atoms with van der Waals surface area (Å²) in [4.78, 5) is 21.7. The molecule has 4 rings (SSSR count). The number of rotatable bonds is 3. The van der Waals surface area contributed by atoms with E-state index in [-0.39, 0.29) is 11.5 Å². The number of likely N-dealkylation sites (N-methyl/N-ethyl adjacent to an activating group) is 1. The van der Waals surface area contributed by atoms with Gasteiger partial charge in [-0.25, -0.2) is 0 Å². The lowest BCUT2D eigenvalue weighted by atomic mass is 9.91. The fraction of sp³-hybridized carbons (Fsp3) is 0.263. The first-order valence-electron chi connectivity index (χ1n) is 8.25. The van der Waals surface area contributed by atoms with Crippen molar-refractivity contribution >= 4 is 17.2 Å². The molecule has 0 bridgehead atoms. The zero-order valence-corrected chi connectivity index (χ0v) is 13.6. The molecule has 2 heterocycles. The van der Waals surface area contributed by atoms with Gasteiger partial charge in [0, 0.05) is 25.2 Å². The number of aromatic nitrogens is 1. The van der Waals surface area contributed by atoms with E-state index in [1.165, 1.54) is 10.5 Å². The molecular formula is C19H20N3O2+. The van der Waals surface area contributed by atoms with E-state index < -0.39 is 0 Å². The minimum Gasteiger partial charge on any atom is -0.508 e. The van der Waals surface area contributed by atoms with E-state index in [2.05, 4.69) is 17.0 Å². The summed E-state index contributed by atoms with van der Waals surface area (Å²) in [6.45, 7) is 1.59. The van der Waals surface area contributed by atoms with E-state index in [1.54, 1.807) is 12.1 Å². The van der Waals surface area contributed by atoms with E-state index in [4.69, 9.17) is 0 Å². The quantitative estimate of drug-likeness (QED) is 0.789. The summed E-state index contributed by atoms with van der Waals surface area (Å²) in [6, 6.07) is 7.10. The molecule has 0 fully saturated rings. The van der Waals surface area contributed by atoms with Crippen molar-refractivity contribution in [3.63, 3.8) is 0 Å². The number of H-pyrrole nitrogens is 1. The topological polar surface area (TPSA) is 69.9 Å². The Balaban J connectivity index is 1.58. The average molecular weight is 322 g/mol. The van der Waals surface area contributed by atoms with Crippen molar-refractivity contribution in [1.82, 2.24) is 4.98 Å². The lowest BCUT2D eigenvalue weighted by Gasteiger charge is -2.25. The molecule has 1 atom stereocenters. The van der Waals surface area contributed by atoms with Crippen molar-refractivity contribution in [3.05, 3.63) is 58.9 Å². The molecule has 1 aromatic heterocycles. The van der Waals surface area contributed by atoms with Crippen LogP contribution >= 0.6 is 0 Å². The number of aromatic hydroxyl groups is 1. The van der Waals surface area contributed by atoms with Crippen LogP contribution in [0.1, 0.15) is 27.2 Å². The number of nitrogens with zero attached hydrogens (tertiary/aromatic N) is 1. The lowest BCUT2D eigenvalue weighted by molar-refractivity contribution is -0.804. The number of phenolic OH excluding ortho intramolecular Hbond substituents is 1. The number of allylic oxidation sites excluding steroid dienone is 1. The number of Topliss-reactive ketones (excluding diaryl/α,β-unsaturated/α-hetero) is 1. The van der Waals surface area contributed by atoms with Crippen molar-refractivity contribution in [2.45, 2.75) is 12.8 Å². The Bertz CT molecular complexity index is 859. The molecule has 5 heteroatoms. The number of carbonyl (C=O) groups is 1. The molecule has 0 saturated carbocycles. The summed E-state index contributed by atoms with van der Waals surface area (Å²) in [5.41, 5.74) is 5.79. The molecule has 0 spiro atoms. The number of ketones is 1. The fourth-order valence-electron chi connectivity index (χ4n) is 3.43. The Morgan fingerprint density at radius 2 is 2.08 bits per heavy atom. The molecule has 2 aliphatic rings. The van der Waals surface area contributed by atoms with Crippen molar-refractivity contribution < 1.29 is 14.8 Å². The summed E-state index contributed by atoms with van der Waals surface area (Å²) >= 11 is 0. The van der Waals surface area contributed by atoms with Crippen LogP contribution < -0.4 is 4.90 Å². The van der Waals surface area contributed by atoms with Gasteiger partial charge in [-0.3, -0.25) is 9.79 Å². The number of nitrogens with one attached hydrogen (secondary N) is 2. The average Bonchev–Trinajstić information content (AvgIpc) is 3.01. The monoisotopic (exact) mass is 322 g/mol. The zero-order valence-electron chi connectivity index (χ0n) is 13.6. The maximum absolute atomic E-state index is 12.7. The van der Waals surface area contributed by atoms with Crippen LogP contribution in [0.25, 0.3) is 5.70 Å². The third-order valence-electron chi connectivity index (χ3n) is 4.82. The van der Waals surface area contributed by atoms with Crippen LogP contribution in [0, 0.1) is 0 Å². The highest BCUT2D eigenvalue weighted by Crippen LogP contribution is 2.27. The second-order valence-electron chi connectivity index (χ2n) is 6.41. The van der Waals surface area contributed by atoms with Gasteiger partial charge < -0.3 is 15.0 Å². The maximum atomic E-state index is 12.7. The number of quaternary nitrogens is 1. The predicted molar refractivity (Wildman–Crippen MR) is 92.7 cm³/mol.